The molecular formula is C20H19N3O2S2. The van der Waals surface area contributed by atoms with E-state index in [4.69, 9.17) is 4.74 Å². The molecule has 0 saturated carbocycles. The Hall–Kier alpha value is -2.35. The van der Waals surface area contributed by atoms with Crippen LogP contribution in [-0.2, 0) is 16.1 Å². The Morgan fingerprint density at radius 1 is 1.04 bits per heavy atom. The third kappa shape index (κ3) is 3.85. The molecule has 0 aliphatic heterocycles. The molecule has 1 amide bonds. The number of rotatable bonds is 6. The van der Waals surface area contributed by atoms with Crippen molar-refractivity contribution >= 4 is 49.0 Å². The van der Waals surface area contributed by atoms with Crippen molar-refractivity contribution in [3.05, 3.63) is 58.5 Å². The Morgan fingerprint density at radius 3 is 2.33 bits per heavy atom. The number of thiazole rings is 2. The molecule has 1 atom stereocenters. The van der Waals surface area contributed by atoms with Gasteiger partial charge in [-0.05, 0) is 31.2 Å². The number of amides is 1. The van der Waals surface area contributed by atoms with Crippen molar-refractivity contribution in [2.24, 2.45) is 0 Å². The zero-order valence-electron chi connectivity index (χ0n) is 15.1. The lowest BCUT2D eigenvalue weighted by atomic mass is 10.3. The van der Waals surface area contributed by atoms with Crippen molar-refractivity contribution in [2.45, 2.75) is 19.6 Å². The van der Waals surface area contributed by atoms with Gasteiger partial charge in [0.2, 0.25) is 5.91 Å². The molecular weight excluding hydrogens is 378 g/mol. The van der Waals surface area contributed by atoms with Gasteiger partial charge in [-0.25, -0.2) is 9.97 Å². The Labute approximate surface area is 165 Å². The molecule has 2 heterocycles. The summed E-state index contributed by atoms with van der Waals surface area (Å²) in [5.41, 5.74) is 1.94. The minimum Gasteiger partial charge on any atom is -0.364 e. The highest BCUT2D eigenvalue weighted by atomic mass is 32.1. The standard InChI is InChI=1S/C20H19N3O2S2/c1-13(20-22-15-8-4-6-10-17(15)27-20)23(2)19(24)12-25-11-18-21-14-7-3-5-9-16(14)26-18/h3-10,13H,11-12H2,1-2H3/t13-/m1/s1. The molecule has 0 saturated heterocycles. The number of hydrogen-bond donors (Lipinski definition) is 0. The molecule has 0 aliphatic carbocycles. The number of para-hydroxylation sites is 2. The second-order valence-corrected chi connectivity index (χ2v) is 8.45. The molecule has 138 valence electrons. The van der Waals surface area contributed by atoms with E-state index in [0.717, 1.165) is 30.4 Å². The monoisotopic (exact) mass is 397 g/mol. The molecule has 0 N–H and O–H groups in total. The maximum Gasteiger partial charge on any atom is 0.248 e. The molecule has 4 rings (SSSR count). The minimum atomic E-state index is -0.0963. The topological polar surface area (TPSA) is 55.3 Å². The van der Waals surface area contributed by atoms with Crippen molar-refractivity contribution in [2.75, 3.05) is 13.7 Å². The van der Waals surface area contributed by atoms with Gasteiger partial charge in [0.15, 0.2) is 0 Å². The highest BCUT2D eigenvalue weighted by Gasteiger charge is 2.20. The van der Waals surface area contributed by atoms with Crippen molar-refractivity contribution in [3.8, 4) is 0 Å². The van der Waals surface area contributed by atoms with E-state index < -0.39 is 0 Å². The SMILES string of the molecule is C[C@H](c1nc2ccccc2s1)N(C)C(=O)COCc1nc2ccccc2s1. The van der Waals surface area contributed by atoms with E-state index >= 15 is 0 Å². The van der Waals surface area contributed by atoms with Crippen LogP contribution in [-0.4, -0.2) is 34.4 Å². The molecule has 0 bridgehead atoms. The average Bonchev–Trinajstić information content (AvgIpc) is 3.30. The third-order valence-corrected chi connectivity index (χ3v) is 6.65. The van der Waals surface area contributed by atoms with Crippen molar-refractivity contribution < 1.29 is 9.53 Å². The van der Waals surface area contributed by atoms with Crippen LogP contribution in [0.3, 0.4) is 0 Å². The number of benzene rings is 2. The van der Waals surface area contributed by atoms with Gasteiger partial charge in [-0.3, -0.25) is 4.79 Å². The summed E-state index contributed by atoms with van der Waals surface area (Å²) in [6, 6.07) is 15.9. The number of nitrogens with zero attached hydrogens (tertiary/aromatic N) is 3. The van der Waals surface area contributed by atoms with Gasteiger partial charge < -0.3 is 9.64 Å². The Morgan fingerprint density at radius 2 is 1.67 bits per heavy atom. The highest BCUT2D eigenvalue weighted by Crippen LogP contribution is 2.29. The molecule has 2 aromatic heterocycles. The summed E-state index contributed by atoms with van der Waals surface area (Å²) in [5.74, 6) is -0.0668. The molecule has 0 aliphatic rings. The first-order valence-electron chi connectivity index (χ1n) is 8.65. The Balaban J connectivity index is 1.35. The van der Waals surface area contributed by atoms with Crippen LogP contribution in [0.1, 0.15) is 23.0 Å². The first-order chi connectivity index (χ1) is 13.1. The summed E-state index contributed by atoms with van der Waals surface area (Å²) in [7, 11) is 1.79. The molecule has 7 heteroatoms. The van der Waals surface area contributed by atoms with Gasteiger partial charge in [-0.15, -0.1) is 22.7 Å². The van der Waals surface area contributed by atoms with E-state index in [-0.39, 0.29) is 18.6 Å². The summed E-state index contributed by atoms with van der Waals surface area (Å²) in [4.78, 5) is 23.4. The number of carbonyl (C=O) groups excluding carboxylic acids is 1. The number of aromatic nitrogens is 2. The lowest BCUT2D eigenvalue weighted by Gasteiger charge is -2.23. The van der Waals surface area contributed by atoms with Gasteiger partial charge in [0.1, 0.15) is 16.6 Å². The fourth-order valence-corrected chi connectivity index (χ4v) is 4.73. The van der Waals surface area contributed by atoms with Gasteiger partial charge in [0.25, 0.3) is 0 Å². The van der Waals surface area contributed by atoms with Crippen LogP contribution in [0.4, 0.5) is 0 Å². The van der Waals surface area contributed by atoms with Gasteiger partial charge >= 0.3 is 0 Å². The Bertz CT molecular complexity index is 1020. The van der Waals surface area contributed by atoms with Crippen LogP contribution in [0.25, 0.3) is 20.4 Å². The maximum absolute atomic E-state index is 12.5. The summed E-state index contributed by atoms with van der Waals surface area (Å²) >= 11 is 3.21. The van der Waals surface area contributed by atoms with Gasteiger partial charge in [0, 0.05) is 7.05 Å². The van der Waals surface area contributed by atoms with Gasteiger partial charge in [-0.1, -0.05) is 24.3 Å². The predicted molar refractivity (Wildman–Crippen MR) is 110 cm³/mol. The van der Waals surface area contributed by atoms with Gasteiger partial charge in [0.05, 0.1) is 33.1 Å². The van der Waals surface area contributed by atoms with E-state index in [1.807, 2.05) is 55.5 Å². The number of hydrogen-bond acceptors (Lipinski definition) is 6. The lowest BCUT2D eigenvalue weighted by Crippen LogP contribution is -2.32. The first kappa shape index (κ1) is 18.0. The second-order valence-electron chi connectivity index (χ2n) is 6.27. The zero-order chi connectivity index (χ0) is 18.8. The van der Waals surface area contributed by atoms with Crippen LogP contribution in [0.5, 0.6) is 0 Å². The van der Waals surface area contributed by atoms with E-state index in [1.54, 1.807) is 34.6 Å². The average molecular weight is 398 g/mol. The molecule has 4 aromatic rings. The van der Waals surface area contributed by atoms with Crippen LogP contribution in [0.15, 0.2) is 48.5 Å². The van der Waals surface area contributed by atoms with Crippen molar-refractivity contribution in [1.82, 2.24) is 14.9 Å². The first-order valence-corrected chi connectivity index (χ1v) is 10.3. The normalized spacial score (nSPS) is 12.5. The fourth-order valence-electron chi connectivity index (χ4n) is 2.76. The quantitative estimate of drug-likeness (QED) is 0.475. The summed E-state index contributed by atoms with van der Waals surface area (Å²) in [6.45, 7) is 2.36. The van der Waals surface area contributed by atoms with Crippen LogP contribution >= 0.6 is 22.7 Å². The second kappa shape index (κ2) is 7.72. The largest absolute Gasteiger partial charge is 0.364 e. The molecule has 27 heavy (non-hydrogen) atoms. The van der Waals surface area contributed by atoms with Crippen molar-refractivity contribution in [1.29, 1.82) is 0 Å². The van der Waals surface area contributed by atoms with Gasteiger partial charge in [-0.2, -0.15) is 0 Å². The number of carbonyl (C=O) groups is 1. The third-order valence-electron chi connectivity index (χ3n) is 4.43. The summed E-state index contributed by atoms with van der Waals surface area (Å²) in [6.07, 6.45) is 0. The highest BCUT2D eigenvalue weighted by molar-refractivity contribution is 7.18. The van der Waals surface area contributed by atoms with E-state index in [0.29, 0.717) is 6.61 Å². The smallest absolute Gasteiger partial charge is 0.248 e. The van der Waals surface area contributed by atoms with E-state index in [9.17, 15) is 4.79 Å². The fraction of sp³-hybridized carbons (Fsp3) is 0.250. The predicted octanol–water partition coefficient (Wildman–Crippen LogP) is 4.64. The number of ether oxygens (including phenoxy) is 1. The Kier molecular flexibility index (Phi) is 5.15. The molecule has 0 spiro atoms. The van der Waals surface area contributed by atoms with Crippen LogP contribution in [0.2, 0.25) is 0 Å². The maximum atomic E-state index is 12.5. The minimum absolute atomic E-state index is 0.0294. The molecule has 0 unspecified atom stereocenters. The zero-order valence-corrected chi connectivity index (χ0v) is 16.7. The molecule has 0 radical (unpaired) electrons. The van der Waals surface area contributed by atoms with Crippen LogP contribution in [0, 0.1) is 0 Å². The lowest BCUT2D eigenvalue weighted by molar-refractivity contribution is -0.137. The van der Waals surface area contributed by atoms with E-state index in [1.165, 1.54) is 0 Å². The van der Waals surface area contributed by atoms with E-state index in [2.05, 4.69) is 9.97 Å². The molecule has 5 nitrogen and oxygen atoms in total. The molecule has 2 aromatic carbocycles. The number of fused-ring (bicyclic) bond motifs is 2. The molecule has 0 fully saturated rings. The number of likely N-dealkylation sites (N-methyl/N-ethyl adjacent to an activating group) is 1. The summed E-state index contributed by atoms with van der Waals surface area (Å²) in [5, 5.41) is 1.81. The van der Waals surface area contributed by atoms with Crippen molar-refractivity contribution in [3.63, 3.8) is 0 Å². The van der Waals surface area contributed by atoms with Crippen LogP contribution < -0.4 is 0 Å². The summed E-state index contributed by atoms with van der Waals surface area (Å²) < 4.78 is 7.88.